The summed E-state index contributed by atoms with van der Waals surface area (Å²) in [7, 11) is 0. The van der Waals surface area contributed by atoms with E-state index in [1.807, 2.05) is 60.7 Å². The lowest BCUT2D eigenvalue weighted by Crippen LogP contribution is -2.17. The zero-order valence-corrected chi connectivity index (χ0v) is 21.1. The van der Waals surface area contributed by atoms with Crippen LogP contribution in [0.15, 0.2) is 60.7 Å². The number of hydrogen-bond donors (Lipinski definition) is 0. The molecule has 0 fully saturated rings. The van der Waals surface area contributed by atoms with Gasteiger partial charge in [0.25, 0.3) is 0 Å². The van der Waals surface area contributed by atoms with E-state index >= 15 is 0 Å². The van der Waals surface area contributed by atoms with Crippen molar-refractivity contribution in [1.82, 2.24) is 0 Å². The fraction of sp³-hybridized carbons (Fsp3) is 0.571. The second-order valence-corrected chi connectivity index (χ2v) is 9.46. The Morgan fingerprint density at radius 1 is 0.600 bits per heavy atom. The molecule has 2 rings (SSSR count). The number of hydrogen-bond acceptors (Lipinski definition) is 5. The van der Waals surface area contributed by atoms with Gasteiger partial charge in [-0.2, -0.15) is 0 Å². The van der Waals surface area contributed by atoms with Gasteiger partial charge in [0.05, 0.1) is 12.2 Å². The van der Waals surface area contributed by atoms with E-state index in [0.717, 1.165) is 62.5 Å². The maximum absolute atomic E-state index is 11.4. The number of rotatable bonds is 18. The highest BCUT2D eigenvalue weighted by atomic mass is 16.6. The van der Waals surface area contributed by atoms with Crippen LogP contribution < -0.4 is 0 Å². The summed E-state index contributed by atoms with van der Waals surface area (Å²) in [6.07, 6.45) is 8.88. The van der Waals surface area contributed by atoms with Gasteiger partial charge in [0.1, 0.15) is 0 Å². The fourth-order valence-corrected chi connectivity index (χ4v) is 4.56. The van der Waals surface area contributed by atoms with Crippen LogP contribution in [0.3, 0.4) is 0 Å². The van der Waals surface area contributed by atoms with E-state index in [0.29, 0.717) is 12.8 Å². The highest BCUT2D eigenvalue weighted by molar-refractivity contribution is 5.18. The molecule has 0 saturated heterocycles. The summed E-state index contributed by atoms with van der Waals surface area (Å²) in [5.74, 6) is 0. The van der Waals surface area contributed by atoms with Crippen molar-refractivity contribution < 1.29 is 14.6 Å². The van der Waals surface area contributed by atoms with E-state index in [-0.39, 0.29) is 22.1 Å². The topological polar surface area (TPSA) is 95.5 Å². The average molecular weight is 485 g/mol. The van der Waals surface area contributed by atoms with Gasteiger partial charge in [-0.05, 0) is 39.5 Å². The van der Waals surface area contributed by atoms with Gasteiger partial charge >= 0.3 is 0 Å². The Balaban J connectivity index is 1.55. The van der Waals surface area contributed by atoms with Crippen LogP contribution in [0.25, 0.3) is 0 Å². The predicted octanol–water partition coefficient (Wildman–Crippen LogP) is 7.72. The van der Waals surface area contributed by atoms with Crippen LogP contribution in [0.1, 0.15) is 101 Å². The Labute approximate surface area is 209 Å². The second kappa shape index (κ2) is 16.0. The Morgan fingerprint density at radius 2 is 0.943 bits per heavy atom. The largest absolute Gasteiger partial charge is 0.376 e. The second-order valence-electron chi connectivity index (χ2n) is 9.46. The summed E-state index contributed by atoms with van der Waals surface area (Å²) in [4.78, 5) is 22.5. The summed E-state index contributed by atoms with van der Waals surface area (Å²) in [5, 5.41) is 22.8. The number of nitrogens with zero attached hydrogens (tertiary/aromatic N) is 2. The van der Waals surface area contributed by atoms with Crippen LogP contribution in [0.4, 0.5) is 0 Å². The first-order valence-electron chi connectivity index (χ1n) is 12.9. The van der Waals surface area contributed by atoms with Crippen LogP contribution in [0.2, 0.25) is 0 Å². The van der Waals surface area contributed by atoms with Crippen molar-refractivity contribution in [3.8, 4) is 0 Å². The summed E-state index contributed by atoms with van der Waals surface area (Å²) in [6, 6.07) is 17.2. The van der Waals surface area contributed by atoms with Crippen molar-refractivity contribution in [2.24, 2.45) is 0 Å². The highest BCUT2D eigenvalue weighted by Crippen LogP contribution is 2.25. The Kier molecular flexibility index (Phi) is 13.0. The minimum atomic E-state index is -0.627. The Bertz CT molecular complexity index is 791. The molecule has 0 aliphatic carbocycles. The Morgan fingerprint density at radius 3 is 1.29 bits per heavy atom. The molecule has 4 unspecified atom stereocenters. The van der Waals surface area contributed by atoms with Crippen molar-refractivity contribution in [1.29, 1.82) is 0 Å². The third-order valence-electron chi connectivity index (χ3n) is 6.52. The molecule has 0 radical (unpaired) electrons. The maximum atomic E-state index is 11.4. The van der Waals surface area contributed by atoms with Crippen LogP contribution in [-0.2, 0) is 4.74 Å². The summed E-state index contributed by atoms with van der Waals surface area (Å²) < 4.78 is 6.10. The predicted molar refractivity (Wildman–Crippen MR) is 139 cm³/mol. The SMILES string of the molecule is CC(CCCCCC(c1ccccc1)[N+](=O)[O-])OC(C)CCCCCC(c1ccccc1)[N+](=O)[O-]. The summed E-state index contributed by atoms with van der Waals surface area (Å²) in [5.41, 5.74) is 1.55. The normalized spacial score (nSPS) is 14.7. The number of ether oxygens (including phenoxy) is 1. The van der Waals surface area contributed by atoms with Gasteiger partial charge in [0, 0.05) is 33.8 Å². The van der Waals surface area contributed by atoms with E-state index in [4.69, 9.17) is 4.74 Å². The van der Waals surface area contributed by atoms with Crippen LogP contribution >= 0.6 is 0 Å². The van der Waals surface area contributed by atoms with Crippen LogP contribution in [0, 0.1) is 20.2 Å². The maximum Gasteiger partial charge on any atom is 0.238 e. The van der Waals surface area contributed by atoms with Crippen LogP contribution in [-0.4, -0.2) is 22.1 Å². The first kappa shape index (κ1) is 28.4. The van der Waals surface area contributed by atoms with Crippen molar-refractivity contribution in [2.45, 2.75) is 102 Å². The molecule has 0 aliphatic rings. The molecule has 4 atom stereocenters. The van der Waals surface area contributed by atoms with Gasteiger partial charge in [0.2, 0.25) is 12.1 Å². The van der Waals surface area contributed by atoms with E-state index < -0.39 is 12.1 Å². The number of benzene rings is 2. The summed E-state index contributed by atoms with van der Waals surface area (Å²) >= 11 is 0. The molecule has 35 heavy (non-hydrogen) atoms. The molecule has 0 aromatic heterocycles. The molecule has 0 amide bonds. The van der Waals surface area contributed by atoms with Gasteiger partial charge in [0.15, 0.2) is 0 Å². The molecule has 7 nitrogen and oxygen atoms in total. The zero-order valence-electron chi connectivity index (χ0n) is 21.1. The molecule has 0 aliphatic heterocycles. The molecule has 0 saturated carbocycles. The Hall–Kier alpha value is -2.80. The average Bonchev–Trinajstić information content (AvgIpc) is 2.84. The minimum absolute atomic E-state index is 0.155. The van der Waals surface area contributed by atoms with Gasteiger partial charge in [-0.3, -0.25) is 20.2 Å². The lowest BCUT2D eigenvalue weighted by atomic mass is 10.00. The standard InChI is InChI=1S/C28H40N2O5/c1-23(15-7-3-13-21-27(29(31)32)25-17-9-5-10-18-25)35-24(2)16-8-4-14-22-28(30(33)34)26-19-11-6-12-20-26/h5-6,9-12,17-20,23-24,27-28H,3-4,7-8,13-16,21-22H2,1-2H3. The lowest BCUT2D eigenvalue weighted by molar-refractivity contribution is -0.530. The van der Waals surface area contributed by atoms with Gasteiger partial charge < -0.3 is 4.74 Å². The van der Waals surface area contributed by atoms with Gasteiger partial charge in [-0.1, -0.05) is 86.3 Å². The quantitative estimate of drug-likeness (QED) is 0.123. The van der Waals surface area contributed by atoms with Crippen molar-refractivity contribution >= 4 is 0 Å². The van der Waals surface area contributed by atoms with Crippen molar-refractivity contribution in [3.05, 3.63) is 92.0 Å². The first-order valence-corrected chi connectivity index (χ1v) is 12.9. The molecule has 2 aromatic rings. The molecule has 0 heterocycles. The van der Waals surface area contributed by atoms with Gasteiger partial charge in [-0.25, -0.2) is 0 Å². The van der Waals surface area contributed by atoms with Crippen molar-refractivity contribution in [3.63, 3.8) is 0 Å². The molecule has 0 bridgehead atoms. The third-order valence-corrected chi connectivity index (χ3v) is 6.52. The molecule has 0 spiro atoms. The molecule has 2 aromatic carbocycles. The molecular formula is C28H40N2O5. The molecular weight excluding hydrogens is 444 g/mol. The first-order chi connectivity index (χ1) is 16.9. The monoisotopic (exact) mass is 484 g/mol. The van der Waals surface area contributed by atoms with Crippen molar-refractivity contribution in [2.75, 3.05) is 0 Å². The fourth-order valence-electron chi connectivity index (χ4n) is 4.56. The number of unbranched alkanes of at least 4 members (excludes halogenated alkanes) is 4. The van der Waals surface area contributed by atoms with Crippen LogP contribution in [0.5, 0.6) is 0 Å². The molecule has 192 valence electrons. The summed E-state index contributed by atoms with van der Waals surface area (Å²) in [6.45, 7) is 4.17. The minimum Gasteiger partial charge on any atom is -0.376 e. The number of nitro groups is 2. The van der Waals surface area contributed by atoms with E-state index in [1.54, 1.807) is 0 Å². The smallest absolute Gasteiger partial charge is 0.238 e. The van der Waals surface area contributed by atoms with E-state index in [1.165, 1.54) is 0 Å². The van der Waals surface area contributed by atoms with Gasteiger partial charge in [-0.15, -0.1) is 0 Å². The zero-order chi connectivity index (χ0) is 25.5. The van der Waals surface area contributed by atoms with E-state index in [9.17, 15) is 20.2 Å². The lowest BCUT2D eigenvalue weighted by Gasteiger charge is -2.19. The molecule has 0 N–H and O–H groups in total. The third kappa shape index (κ3) is 11.0. The highest BCUT2D eigenvalue weighted by Gasteiger charge is 2.22. The van der Waals surface area contributed by atoms with E-state index in [2.05, 4.69) is 13.8 Å². The molecule has 7 heteroatoms.